The molecule has 2 aliphatic heterocycles. The molecule has 0 aromatic carbocycles. The number of hydrogen-bond donors (Lipinski definition) is 1. The van der Waals surface area contributed by atoms with Gasteiger partial charge in [-0.25, -0.2) is 13.1 Å². The lowest BCUT2D eigenvalue weighted by Gasteiger charge is -2.22. The smallest absolute Gasteiger partial charge is 0.226 e. The molecule has 0 aromatic heterocycles. The van der Waals surface area contributed by atoms with Crippen molar-refractivity contribution in [1.82, 2.24) is 9.62 Å². The fraction of sp³-hybridized carbons (Fsp3) is 0.786. The quantitative estimate of drug-likeness (QED) is 0.740. The third kappa shape index (κ3) is 3.30. The van der Waals surface area contributed by atoms with E-state index in [4.69, 9.17) is 4.74 Å². The summed E-state index contributed by atoms with van der Waals surface area (Å²) in [6, 6.07) is 0. The Balaban J connectivity index is 1.57. The number of hydrogen-bond acceptors (Lipinski definition) is 4. The highest BCUT2D eigenvalue weighted by molar-refractivity contribution is 7.88. The van der Waals surface area contributed by atoms with Gasteiger partial charge in [-0.2, -0.15) is 0 Å². The minimum atomic E-state index is -3.18. The van der Waals surface area contributed by atoms with Crippen molar-refractivity contribution >= 4 is 15.9 Å². The van der Waals surface area contributed by atoms with Crippen molar-refractivity contribution in [2.24, 2.45) is 17.8 Å². The molecular weight excluding hydrogens is 292 g/mol. The number of fused-ring (bicyclic) bond motifs is 1. The second kappa shape index (κ2) is 5.70. The Morgan fingerprint density at radius 3 is 2.71 bits per heavy atom. The summed E-state index contributed by atoms with van der Waals surface area (Å²) < 4.78 is 30.7. The Labute approximate surface area is 125 Å². The number of ether oxygens (including phenoxy) is 1. The highest BCUT2D eigenvalue weighted by Crippen LogP contribution is 2.35. The van der Waals surface area contributed by atoms with Crippen molar-refractivity contribution in [3.63, 3.8) is 0 Å². The van der Waals surface area contributed by atoms with Crippen LogP contribution in [0.15, 0.2) is 12.2 Å². The van der Waals surface area contributed by atoms with E-state index in [-0.39, 0.29) is 29.8 Å². The maximum Gasteiger partial charge on any atom is 0.226 e. The van der Waals surface area contributed by atoms with E-state index in [2.05, 4.69) is 16.9 Å². The second-order valence-electron chi connectivity index (χ2n) is 6.30. The van der Waals surface area contributed by atoms with Gasteiger partial charge < -0.3 is 9.64 Å². The van der Waals surface area contributed by atoms with Crippen molar-refractivity contribution in [3.8, 4) is 0 Å². The van der Waals surface area contributed by atoms with Crippen LogP contribution < -0.4 is 4.72 Å². The van der Waals surface area contributed by atoms with E-state index in [0.29, 0.717) is 26.2 Å². The fourth-order valence-corrected chi connectivity index (χ4v) is 4.04. The van der Waals surface area contributed by atoms with Gasteiger partial charge in [-0.15, -0.1) is 0 Å². The number of amides is 1. The molecule has 0 saturated carbocycles. The monoisotopic (exact) mass is 314 g/mol. The van der Waals surface area contributed by atoms with E-state index in [1.165, 1.54) is 0 Å². The van der Waals surface area contributed by atoms with Gasteiger partial charge in [-0.3, -0.25) is 4.79 Å². The van der Waals surface area contributed by atoms with Crippen LogP contribution in [0.4, 0.5) is 0 Å². The number of carbonyl (C=O) groups is 1. The van der Waals surface area contributed by atoms with Gasteiger partial charge in [0, 0.05) is 37.4 Å². The molecule has 0 unspecified atom stereocenters. The van der Waals surface area contributed by atoms with Gasteiger partial charge in [0.1, 0.15) is 0 Å². The first-order valence-corrected chi connectivity index (χ1v) is 9.33. The molecule has 1 amide bonds. The Morgan fingerprint density at radius 2 is 2.05 bits per heavy atom. The van der Waals surface area contributed by atoms with Crippen LogP contribution in [-0.4, -0.2) is 57.8 Å². The van der Waals surface area contributed by atoms with Gasteiger partial charge in [-0.05, 0) is 12.8 Å². The molecule has 0 radical (unpaired) electrons. The number of nitrogens with zero attached hydrogens (tertiary/aromatic N) is 1. The first-order chi connectivity index (χ1) is 9.94. The summed E-state index contributed by atoms with van der Waals surface area (Å²) in [5.41, 5.74) is 0. The first kappa shape index (κ1) is 15.0. The average Bonchev–Trinajstić information content (AvgIpc) is 3.11. The standard InChI is InChI=1S/C14H22N2O4S/c1-21(18,19)15-6-11-9-20-13-8-16(7-12(11)13)14(17)10-4-2-3-5-10/h2-3,10-13,15H,4-9H2,1H3/t11-,12-,13-/m1/s1. The molecule has 2 saturated heterocycles. The molecular formula is C14H22N2O4S. The number of nitrogens with one attached hydrogen (secondary N) is 1. The van der Waals surface area contributed by atoms with Gasteiger partial charge in [0.05, 0.1) is 19.0 Å². The summed E-state index contributed by atoms with van der Waals surface area (Å²) in [5.74, 6) is 0.714. The Bertz CT molecular complexity index is 537. The normalized spacial score (nSPS) is 32.8. The van der Waals surface area contributed by atoms with Crippen LogP contribution in [0, 0.1) is 17.8 Å². The zero-order chi connectivity index (χ0) is 15.0. The minimum absolute atomic E-state index is 0.0645. The van der Waals surface area contributed by atoms with Gasteiger partial charge in [0.15, 0.2) is 0 Å². The molecule has 0 aromatic rings. The molecule has 6 nitrogen and oxygen atoms in total. The van der Waals surface area contributed by atoms with E-state index in [9.17, 15) is 13.2 Å². The maximum absolute atomic E-state index is 12.4. The summed E-state index contributed by atoms with van der Waals surface area (Å²) in [4.78, 5) is 14.3. The van der Waals surface area contributed by atoms with Gasteiger partial charge in [-0.1, -0.05) is 12.2 Å². The van der Waals surface area contributed by atoms with Crippen LogP contribution in [0.5, 0.6) is 0 Å². The van der Waals surface area contributed by atoms with Crippen molar-refractivity contribution in [2.45, 2.75) is 18.9 Å². The van der Waals surface area contributed by atoms with Crippen molar-refractivity contribution < 1.29 is 17.9 Å². The van der Waals surface area contributed by atoms with E-state index < -0.39 is 10.0 Å². The predicted octanol–water partition coefficient (Wildman–Crippen LogP) is -0.0248. The molecule has 3 atom stereocenters. The number of sulfonamides is 1. The predicted molar refractivity (Wildman–Crippen MR) is 78.0 cm³/mol. The van der Waals surface area contributed by atoms with Gasteiger partial charge >= 0.3 is 0 Å². The van der Waals surface area contributed by atoms with E-state index in [0.717, 1.165) is 19.1 Å². The Morgan fingerprint density at radius 1 is 1.33 bits per heavy atom. The number of allylic oxidation sites excluding steroid dienone is 2. The molecule has 1 N–H and O–H groups in total. The highest BCUT2D eigenvalue weighted by Gasteiger charge is 2.46. The molecule has 2 heterocycles. The molecule has 21 heavy (non-hydrogen) atoms. The second-order valence-corrected chi connectivity index (χ2v) is 8.13. The molecule has 3 rings (SSSR count). The van der Waals surface area contributed by atoms with Crippen molar-refractivity contribution in [3.05, 3.63) is 12.2 Å². The van der Waals surface area contributed by atoms with Gasteiger partial charge in [0.25, 0.3) is 0 Å². The number of rotatable bonds is 4. The summed E-state index contributed by atoms with van der Waals surface area (Å²) in [7, 11) is -3.18. The van der Waals surface area contributed by atoms with Crippen LogP contribution >= 0.6 is 0 Å². The van der Waals surface area contributed by atoms with Crippen LogP contribution in [-0.2, 0) is 19.6 Å². The molecule has 1 aliphatic carbocycles. The topological polar surface area (TPSA) is 75.7 Å². The third-order valence-electron chi connectivity index (χ3n) is 4.72. The SMILES string of the molecule is CS(=O)(=O)NC[C@@H]1CO[C@@H]2CN(C(=O)C3CC=CC3)C[C@H]12. The highest BCUT2D eigenvalue weighted by atomic mass is 32.2. The molecule has 2 fully saturated rings. The van der Waals surface area contributed by atoms with Crippen molar-refractivity contribution in [1.29, 1.82) is 0 Å². The van der Waals surface area contributed by atoms with Crippen LogP contribution in [0.25, 0.3) is 0 Å². The van der Waals surface area contributed by atoms with Crippen molar-refractivity contribution in [2.75, 3.05) is 32.5 Å². The van der Waals surface area contributed by atoms with E-state index in [1.54, 1.807) is 0 Å². The Kier molecular flexibility index (Phi) is 4.07. The summed E-state index contributed by atoms with van der Waals surface area (Å²) in [6.07, 6.45) is 7.03. The average molecular weight is 314 g/mol. The zero-order valence-electron chi connectivity index (χ0n) is 12.2. The number of carbonyl (C=O) groups excluding carboxylic acids is 1. The molecule has 7 heteroatoms. The molecule has 0 bridgehead atoms. The fourth-order valence-electron chi connectivity index (χ4n) is 3.52. The first-order valence-electron chi connectivity index (χ1n) is 7.44. The van der Waals surface area contributed by atoms with Gasteiger partial charge in [0.2, 0.25) is 15.9 Å². The van der Waals surface area contributed by atoms with Crippen LogP contribution in [0.1, 0.15) is 12.8 Å². The molecule has 118 valence electrons. The summed E-state index contributed by atoms with van der Waals surface area (Å²) in [5, 5.41) is 0. The zero-order valence-corrected chi connectivity index (χ0v) is 13.0. The summed E-state index contributed by atoms with van der Waals surface area (Å²) in [6.45, 7) is 2.31. The molecule has 3 aliphatic rings. The lowest BCUT2D eigenvalue weighted by atomic mass is 9.93. The minimum Gasteiger partial charge on any atom is -0.376 e. The lowest BCUT2D eigenvalue weighted by Crippen LogP contribution is -2.37. The molecule has 0 spiro atoms. The largest absolute Gasteiger partial charge is 0.376 e. The number of likely N-dealkylation sites (tertiary alicyclic amines) is 1. The van der Waals surface area contributed by atoms with E-state index >= 15 is 0 Å². The maximum atomic E-state index is 12.4. The van der Waals surface area contributed by atoms with Crippen LogP contribution in [0.3, 0.4) is 0 Å². The third-order valence-corrected chi connectivity index (χ3v) is 5.41. The van der Waals surface area contributed by atoms with E-state index in [1.807, 2.05) is 4.90 Å². The summed E-state index contributed by atoms with van der Waals surface area (Å²) >= 11 is 0. The van der Waals surface area contributed by atoms with Crippen LogP contribution in [0.2, 0.25) is 0 Å². The lowest BCUT2D eigenvalue weighted by molar-refractivity contribution is -0.134. The Hall–Kier alpha value is -0.920.